The first kappa shape index (κ1) is 10.1. The molecule has 0 aliphatic carbocycles. The Morgan fingerprint density at radius 2 is 2.29 bits per heavy atom. The average Bonchev–Trinajstić information content (AvgIpc) is 2.60. The van der Waals surface area contributed by atoms with Crippen LogP contribution in [0.5, 0.6) is 0 Å². The molecular formula is C11H17NOS. The van der Waals surface area contributed by atoms with Crippen molar-refractivity contribution in [1.82, 2.24) is 4.90 Å². The molecule has 14 heavy (non-hydrogen) atoms. The summed E-state index contributed by atoms with van der Waals surface area (Å²) in [5.74, 6) is 0. The second-order valence-electron chi connectivity index (χ2n) is 4.41. The molecule has 1 aliphatic heterocycles. The molecule has 1 aromatic heterocycles. The highest BCUT2D eigenvalue weighted by molar-refractivity contribution is 7.12. The van der Waals surface area contributed by atoms with Crippen LogP contribution >= 0.6 is 11.3 Å². The molecule has 0 saturated carbocycles. The van der Waals surface area contributed by atoms with Crippen molar-refractivity contribution in [2.75, 3.05) is 13.6 Å². The van der Waals surface area contributed by atoms with Crippen molar-refractivity contribution in [1.29, 1.82) is 0 Å². The maximum Gasteiger partial charge on any atom is 0.113 e. The van der Waals surface area contributed by atoms with E-state index in [0.29, 0.717) is 6.04 Å². The Labute approximate surface area is 89.2 Å². The molecule has 1 aromatic rings. The van der Waals surface area contributed by atoms with Crippen LogP contribution < -0.4 is 0 Å². The monoisotopic (exact) mass is 211 g/mol. The molecule has 1 N–H and O–H groups in total. The molecular weight excluding hydrogens is 194 g/mol. The molecule has 78 valence electrons. The molecule has 0 aromatic carbocycles. The van der Waals surface area contributed by atoms with E-state index in [4.69, 9.17) is 0 Å². The summed E-state index contributed by atoms with van der Waals surface area (Å²) >= 11 is 1.71. The van der Waals surface area contributed by atoms with Crippen molar-refractivity contribution in [2.24, 2.45) is 0 Å². The van der Waals surface area contributed by atoms with Gasteiger partial charge in [0, 0.05) is 22.3 Å². The van der Waals surface area contributed by atoms with Crippen LogP contribution in [0, 0.1) is 6.92 Å². The van der Waals surface area contributed by atoms with Gasteiger partial charge in [-0.25, -0.2) is 0 Å². The molecule has 0 radical (unpaired) electrons. The largest absolute Gasteiger partial charge is 0.383 e. The number of aryl methyl sites for hydroxylation is 1. The second-order valence-corrected chi connectivity index (χ2v) is 5.70. The smallest absolute Gasteiger partial charge is 0.113 e. The quantitative estimate of drug-likeness (QED) is 0.767. The fraction of sp³-hybridized carbons (Fsp3) is 0.636. The number of nitrogens with zero attached hydrogens (tertiary/aromatic N) is 1. The number of β-amino-alcohol motifs (C(OH)–C–C–N with tert-alkyl or cyclic N) is 1. The van der Waals surface area contributed by atoms with Gasteiger partial charge >= 0.3 is 0 Å². The number of likely N-dealkylation sites (N-methyl/N-ethyl adjacent to an activating group) is 1. The van der Waals surface area contributed by atoms with E-state index >= 15 is 0 Å². The SMILES string of the molecule is Cc1ccc(C2(O)CC(C)N(C)C2)s1. The number of rotatable bonds is 1. The lowest BCUT2D eigenvalue weighted by Crippen LogP contribution is -2.28. The first-order chi connectivity index (χ1) is 6.51. The highest BCUT2D eigenvalue weighted by Gasteiger charge is 2.41. The molecule has 1 saturated heterocycles. The van der Waals surface area contributed by atoms with Crippen LogP contribution in [0.4, 0.5) is 0 Å². The summed E-state index contributed by atoms with van der Waals surface area (Å²) in [7, 11) is 2.07. The zero-order valence-corrected chi connectivity index (χ0v) is 9.77. The van der Waals surface area contributed by atoms with E-state index < -0.39 is 5.60 Å². The van der Waals surface area contributed by atoms with Crippen LogP contribution in [-0.2, 0) is 5.60 Å². The Kier molecular flexibility index (Phi) is 2.41. The van der Waals surface area contributed by atoms with Gasteiger partial charge in [0.15, 0.2) is 0 Å². The fourth-order valence-electron chi connectivity index (χ4n) is 2.14. The number of thiophene rings is 1. The second kappa shape index (κ2) is 3.33. The summed E-state index contributed by atoms with van der Waals surface area (Å²) in [6.45, 7) is 5.01. The molecule has 2 atom stereocenters. The predicted molar refractivity (Wildman–Crippen MR) is 59.7 cm³/mol. The highest BCUT2D eigenvalue weighted by Crippen LogP contribution is 2.38. The molecule has 0 spiro atoms. The first-order valence-electron chi connectivity index (χ1n) is 5.01. The van der Waals surface area contributed by atoms with Crippen molar-refractivity contribution in [2.45, 2.75) is 31.9 Å². The minimum atomic E-state index is -0.604. The van der Waals surface area contributed by atoms with Crippen molar-refractivity contribution in [3.05, 3.63) is 21.9 Å². The van der Waals surface area contributed by atoms with Gasteiger partial charge in [-0.1, -0.05) is 0 Å². The van der Waals surface area contributed by atoms with Crippen LogP contribution in [0.25, 0.3) is 0 Å². The normalized spacial score (nSPS) is 33.9. The predicted octanol–water partition coefficient (Wildman–Crippen LogP) is 1.97. The minimum Gasteiger partial charge on any atom is -0.383 e. The van der Waals surface area contributed by atoms with Gasteiger partial charge in [-0.2, -0.15) is 0 Å². The lowest BCUT2D eigenvalue weighted by atomic mass is 9.99. The highest BCUT2D eigenvalue weighted by atomic mass is 32.1. The fourth-order valence-corrected chi connectivity index (χ4v) is 3.10. The summed E-state index contributed by atoms with van der Waals surface area (Å²) in [4.78, 5) is 4.61. The molecule has 1 aliphatic rings. The van der Waals surface area contributed by atoms with Crippen LogP contribution in [0.1, 0.15) is 23.1 Å². The third-order valence-electron chi connectivity index (χ3n) is 3.10. The minimum absolute atomic E-state index is 0.474. The topological polar surface area (TPSA) is 23.5 Å². The van der Waals surface area contributed by atoms with Crippen molar-refractivity contribution in [3.63, 3.8) is 0 Å². The number of hydrogen-bond acceptors (Lipinski definition) is 3. The molecule has 2 nitrogen and oxygen atoms in total. The van der Waals surface area contributed by atoms with Gasteiger partial charge in [-0.15, -0.1) is 11.3 Å². The van der Waals surface area contributed by atoms with Crippen molar-refractivity contribution in [3.8, 4) is 0 Å². The summed E-state index contributed by atoms with van der Waals surface area (Å²) in [6.07, 6.45) is 0.851. The number of aliphatic hydroxyl groups is 1. The van der Waals surface area contributed by atoms with Gasteiger partial charge in [0.1, 0.15) is 5.60 Å². The van der Waals surface area contributed by atoms with Gasteiger partial charge < -0.3 is 10.0 Å². The lowest BCUT2D eigenvalue weighted by Gasteiger charge is -2.20. The van der Waals surface area contributed by atoms with E-state index in [2.05, 4.69) is 37.9 Å². The molecule has 2 heterocycles. The maximum absolute atomic E-state index is 10.5. The Hall–Kier alpha value is -0.380. The summed E-state index contributed by atoms with van der Waals surface area (Å²) < 4.78 is 0. The Bertz CT molecular complexity index is 324. The van der Waals surface area contributed by atoms with Gasteiger partial charge in [0.25, 0.3) is 0 Å². The van der Waals surface area contributed by atoms with E-state index in [1.165, 1.54) is 4.88 Å². The Morgan fingerprint density at radius 1 is 1.57 bits per heavy atom. The van der Waals surface area contributed by atoms with E-state index in [9.17, 15) is 5.11 Å². The maximum atomic E-state index is 10.5. The first-order valence-corrected chi connectivity index (χ1v) is 5.82. The average molecular weight is 211 g/mol. The molecule has 3 heteroatoms. The lowest BCUT2D eigenvalue weighted by molar-refractivity contribution is 0.0523. The van der Waals surface area contributed by atoms with E-state index in [-0.39, 0.29) is 0 Å². The van der Waals surface area contributed by atoms with Crippen molar-refractivity contribution >= 4 is 11.3 Å². The van der Waals surface area contributed by atoms with E-state index in [0.717, 1.165) is 17.8 Å². The molecule has 0 bridgehead atoms. The van der Waals surface area contributed by atoms with Crippen LogP contribution in [-0.4, -0.2) is 29.6 Å². The molecule has 2 unspecified atom stereocenters. The van der Waals surface area contributed by atoms with Gasteiger partial charge in [-0.3, -0.25) is 0 Å². The van der Waals surface area contributed by atoms with Gasteiger partial charge in [0.2, 0.25) is 0 Å². The van der Waals surface area contributed by atoms with Gasteiger partial charge in [0.05, 0.1) is 0 Å². The van der Waals surface area contributed by atoms with Crippen LogP contribution in [0.15, 0.2) is 12.1 Å². The number of likely N-dealkylation sites (tertiary alicyclic amines) is 1. The summed E-state index contributed by atoms with van der Waals surface area (Å²) in [6, 6.07) is 4.62. The zero-order valence-electron chi connectivity index (χ0n) is 8.95. The third-order valence-corrected chi connectivity index (χ3v) is 4.29. The van der Waals surface area contributed by atoms with E-state index in [1.54, 1.807) is 11.3 Å². The summed E-state index contributed by atoms with van der Waals surface area (Å²) in [5, 5.41) is 10.5. The van der Waals surface area contributed by atoms with Gasteiger partial charge in [-0.05, 0) is 39.4 Å². The third kappa shape index (κ3) is 1.60. The number of hydrogen-bond donors (Lipinski definition) is 1. The Balaban J connectivity index is 2.26. The van der Waals surface area contributed by atoms with E-state index in [1.807, 2.05) is 0 Å². The standard InChI is InChI=1S/C11H17NOS/c1-8-6-11(13,7-12(8)3)10-5-4-9(2)14-10/h4-5,8,13H,6-7H2,1-3H3. The van der Waals surface area contributed by atoms with Crippen LogP contribution in [0.2, 0.25) is 0 Å². The zero-order chi connectivity index (χ0) is 10.3. The molecule has 1 fully saturated rings. The van der Waals surface area contributed by atoms with Crippen molar-refractivity contribution < 1.29 is 5.11 Å². The molecule has 0 amide bonds. The van der Waals surface area contributed by atoms with Crippen LogP contribution in [0.3, 0.4) is 0 Å². The Morgan fingerprint density at radius 3 is 2.71 bits per heavy atom. The molecule has 2 rings (SSSR count). The summed E-state index contributed by atoms with van der Waals surface area (Å²) in [5.41, 5.74) is -0.604.